The fourth-order valence-electron chi connectivity index (χ4n) is 1.62. The molecule has 1 aliphatic heterocycles. The Balaban J connectivity index is 2.56. The molecular weight excluding hydrogens is 194 g/mol. The molecule has 0 aromatic heterocycles. The highest BCUT2D eigenvalue weighted by atomic mass is 16.6. The van der Waals surface area contributed by atoms with Crippen molar-refractivity contribution in [2.45, 2.75) is 64.8 Å². The van der Waals surface area contributed by atoms with Gasteiger partial charge in [-0.1, -0.05) is 0 Å². The predicted molar refractivity (Wildman–Crippen MR) is 58.6 cm³/mol. The van der Waals surface area contributed by atoms with E-state index < -0.39 is 0 Å². The number of nitrogens with two attached hydrogens (primary N) is 1. The first-order valence-electron chi connectivity index (χ1n) is 5.50. The summed E-state index contributed by atoms with van der Waals surface area (Å²) >= 11 is 0. The zero-order chi connectivity index (χ0) is 11.6. The first-order valence-corrected chi connectivity index (χ1v) is 5.50. The minimum absolute atomic E-state index is 0.0563. The predicted octanol–water partition coefficient (Wildman–Crippen LogP) is 1.28. The summed E-state index contributed by atoms with van der Waals surface area (Å²) in [5, 5.41) is 0. The van der Waals surface area contributed by atoms with Crippen molar-refractivity contribution in [2.75, 3.05) is 6.61 Å². The van der Waals surface area contributed by atoms with Crippen LogP contribution in [0.2, 0.25) is 0 Å². The third-order valence-corrected chi connectivity index (χ3v) is 2.08. The fourth-order valence-corrected chi connectivity index (χ4v) is 1.62. The van der Waals surface area contributed by atoms with Crippen LogP contribution in [0.3, 0.4) is 0 Å². The van der Waals surface area contributed by atoms with E-state index in [9.17, 15) is 0 Å². The smallest absolute Gasteiger partial charge is 0.134 e. The molecule has 15 heavy (non-hydrogen) atoms. The van der Waals surface area contributed by atoms with Crippen molar-refractivity contribution in [3.05, 3.63) is 0 Å². The van der Waals surface area contributed by atoms with Gasteiger partial charge in [0.05, 0.1) is 18.3 Å². The first kappa shape index (κ1) is 12.9. The van der Waals surface area contributed by atoms with Gasteiger partial charge in [-0.05, 0) is 34.6 Å². The molecule has 0 amide bonds. The van der Waals surface area contributed by atoms with E-state index in [0.717, 1.165) is 0 Å². The molecule has 0 saturated carbocycles. The Bertz CT molecular complexity index is 200. The molecule has 1 saturated heterocycles. The Labute approximate surface area is 92.1 Å². The molecule has 1 rings (SSSR count). The average Bonchev–Trinajstić information content (AvgIpc) is 2.32. The largest absolute Gasteiger partial charge is 0.370 e. The van der Waals surface area contributed by atoms with Crippen molar-refractivity contribution in [2.24, 2.45) is 5.73 Å². The van der Waals surface area contributed by atoms with Gasteiger partial charge in [0, 0.05) is 0 Å². The summed E-state index contributed by atoms with van der Waals surface area (Å²) in [6.07, 6.45) is -0.449. The molecule has 0 aromatic rings. The maximum Gasteiger partial charge on any atom is 0.134 e. The van der Waals surface area contributed by atoms with Gasteiger partial charge in [-0.15, -0.1) is 0 Å². The third kappa shape index (κ3) is 4.07. The second-order valence-electron chi connectivity index (χ2n) is 5.22. The molecule has 2 unspecified atom stereocenters. The zero-order valence-corrected chi connectivity index (χ0v) is 10.3. The molecule has 0 spiro atoms. The second-order valence-corrected chi connectivity index (χ2v) is 5.22. The van der Waals surface area contributed by atoms with Gasteiger partial charge in [0.25, 0.3) is 0 Å². The maximum atomic E-state index is 5.85. The van der Waals surface area contributed by atoms with Crippen molar-refractivity contribution in [3.8, 4) is 0 Å². The number of ether oxygens (including phenoxy) is 3. The molecule has 90 valence electrons. The zero-order valence-electron chi connectivity index (χ0n) is 10.3. The summed E-state index contributed by atoms with van der Waals surface area (Å²) in [5.74, 6) is 0. The van der Waals surface area contributed by atoms with Crippen molar-refractivity contribution >= 4 is 0 Å². The molecule has 4 heteroatoms. The molecule has 0 radical (unpaired) electrons. The maximum absolute atomic E-state index is 5.85. The van der Waals surface area contributed by atoms with Crippen LogP contribution in [-0.4, -0.2) is 36.7 Å². The fraction of sp³-hybridized carbons (Fsp3) is 1.00. The SMILES string of the molecule is CC(C)OC1CO[C@@H](N)C1OC(C)(C)C. The highest BCUT2D eigenvalue weighted by molar-refractivity contribution is 4.85. The first-order chi connectivity index (χ1) is 6.79. The van der Waals surface area contributed by atoms with Crippen molar-refractivity contribution in [3.63, 3.8) is 0 Å². The molecule has 1 aliphatic rings. The van der Waals surface area contributed by atoms with Gasteiger partial charge in [-0.25, -0.2) is 0 Å². The number of hydrogen-bond donors (Lipinski definition) is 1. The van der Waals surface area contributed by atoms with Gasteiger partial charge >= 0.3 is 0 Å². The lowest BCUT2D eigenvalue weighted by Crippen LogP contribution is -2.44. The van der Waals surface area contributed by atoms with E-state index in [0.29, 0.717) is 6.61 Å². The van der Waals surface area contributed by atoms with Crippen LogP contribution in [0.4, 0.5) is 0 Å². The summed E-state index contributed by atoms with van der Waals surface area (Å²) in [7, 11) is 0. The van der Waals surface area contributed by atoms with Crippen LogP contribution in [0.5, 0.6) is 0 Å². The lowest BCUT2D eigenvalue weighted by Gasteiger charge is -2.30. The molecule has 1 fully saturated rings. The lowest BCUT2D eigenvalue weighted by atomic mass is 10.1. The van der Waals surface area contributed by atoms with Gasteiger partial charge in [-0.3, -0.25) is 0 Å². The van der Waals surface area contributed by atoms with Crippen LogP contribution in [0.1, 0.15) is 34.6 Å². The van der Waals surface area contributed by atoms with Crippen molar-refractivity contribution < 1.29 is 14.2 Å². The molecule has 4 nitrogen and oxygen atoms in total. The Kier molecular flexibility index (Phi) is 4.12. The standard InChI is InChI=1S/C11H23NO3/c1-7(2)14-8-6-13-10(12)9(8)15-11(3,4)5/h7-10H,6,12H2,1-5H3/t8?,9?,10-/m1/s1. The van der Waals surface area contributed by atoms with Gasteiger partial charge in [0.15, 0.2) is 0 Å². The lowest BCUT2D eigenvalue weighted by molar-refractivity contribution is -0.132. The monoisotopic (exact) mass is 217 g/mol. The van der Waals surface area contributed by atoms with Gasteiger partial charge in [0.2, 0.25) is 0 Å². The summed E-state index contributed by atoms with van der Waals surface area (Å²) in [4.78, 5) is 0. The molecule has 0 aromatic carbocycles. The van der Waals surface area contributed by atoms with Gasteiger partial charge < -0.3 is 19.9 Å². The van der Waals surface area contributed by atoms with Gasteiger partial charge in [-0.2, -0.15) is 0 Å². The van der Waals surface area contributed by atoms with Crippen LogP contribution >= 0.6 is 0 Å². The quantitative estimate of drug-likeness (QED) is 0.773. The number of rotatable bonds is 3. The Morgan fingerprint density at radius 2 is 1.93 bits per heavy atom. The van der Waals surface area contributed by atoms with Crippen LogP contribution in [-0.2, 0) is 14.2 Å². The molecule has 0 aliphatic carbocycles. The minimum Gasteiger partial charge on any atom is -0.370 e. The third-order valence-electron chi connectivity index (χ3n) is 2.08. The Morgan fingerprint density at radius 3 is 2.40 bits per heavy atom. The summed E-state index contributed by atoms with van der Waals surface area (Å²) in [6.45, 7) is 10.5. The topological polar surface area (TPSA) is 53.7 Å². The minimum atomic E-state index is -0.382. The molecule has 2 N–H and O–H groups in total. The van der Waals surface area contributed by atoms with E-state index in [2.05, 4.69) is 0 Å². The van der Waals surface area contributed by atoms with Crippen LogP contribution < -0.4 is 5.73 Å². The van der Waals surface area contributed by atoms with E-state index in [1.165, 1.54) is 0 Å². The van der Waals surface area contributed by atoms with E-state index in [-0.39, 0.29) is 30.1 Å². The second kappa shape index (κ2) is 4.78. The molecule has 0 bridgehead atoms. The van der Waals surface area contributed by atoms with Gasteiger partial charge in [0.1, 0.15) is 18.4 Å². The average molecular weight is 217 g/mol. The van der Waals surface area contributed by atoms with E-state index in [1.54, 1.807) is 0 Å². The molecule has 3 atom stereocenters. The summed E-state index contributed by atoms with van der Waals surface area (Å²) < 4.78 is 16.9. The number of hydrogen-bond acceptors (Lipinski definition) is 4. The van der Waals surface area contributed by atoms with E-state index in [4.69, 9.17) is 19.9 Å². The normalized spacial score (nSPS) is 32.6. The Morgan fingerprint density at radius 1 is 1.33 bits per heavy atom. The van der Waals surface area contributed by atoms with Crippen LogP contribution in [0, 0.1) is 0 Å². The highest BCUT2D eigenvalue weighted by Gasteiger charge is 2.39. The van der Waals surface area contributed by atoms with Crippen LogP contribution in [0.15, 0.2) is 0 Å². The molecular formula is C11H23NO3. The van der Waals surface area contributed by atoms with Crippen molar-refractivity contribution in [1.82, 2.24) is 0 Å². The summed E-state index contributed by atoms with van der Waals surface area (Å²) in [5.41, 5.74) is 5.60. The Hall–Kier alpha value is -0.160. The van der Waals surface area contributed by atoms with E-state index >= 15 is 0 Å². The highest BCUT2D eigenvalue weighted by Crippen LogP contribution is 2.23. The van der Waals surface area contributed by atoms with Crippen molar-refractivity contribution in [1.29, 1.82) is 0 Å². The van der Waals surface area contributed by atoms with Crippen LogP contribution in [0.25, 0.3) is 0 Å². The summed E-state index contributed by atoms with van der Waals surface area (Å²) in [6, 6.07) is 0. The van der Waals surface area contributed by atoms with E-state index in [1.807, 2.05) is 34.6 Å². The molecule has 1 heterocycles.